The minimum Gasteiger partial charge on any atom is -0.330 e. The molecule has 6 heteroatoms. The lowest BCUT2D eigenvalue weighted by molar-refractivity contribution is -0.140. The van der Waals surface area contributed by atoms with Crippen molar-refractivity contribution in [1.29, 1.82) is 0 Å². The molecule has 0 atom stereocenters. The normalized spacial score (nSPS) is 10.8. The van der Waals surface area contributed by atoms with Crippen LogP contribution in [0, 0.1) is 18.8 Å². The zero-order chi connectivity index (χ0) is 16.0. The first-order valence-corrected chi connectivity index (χ1v) is 6.44. The lowest BCUT2D eigenvalue weighted by Crippen LogP contribution is -2.38. The number of amides is 1. The molecule has 0 aliphatic rings. The number of carbonyl (C=O) groups is 1. The zero-order valence-electron chi connectivity index (χ0n) is 11.9. The highest BCUT2D eigenvalue weighted by molar-refractivity contribution is 5.94. The van der Waals surface area contributed by atoms with Crippen LogP contribution >= 0.6 is 0 Å². The summed E-state index contributed by atoms with van der Waals surface area (Å²) in [6.45, 7) is 2.21. The minimum absolute atomic E-state index is 0.00782. The van der Waals surface area contributed by atoms with E-state index in [4.69, 9.17) is 5.73 Å². The first-order valence-electron chi connectivity index (χ1n) is 6.44. The summed E-state index contributed by atoms with van der Waals surface area (Å²) in [5.74, 6) is 4.89. The molecule has 2 N–H and O–H groups in total. The molecule has 0 aliphatic heterocycles. The standard InChI is InChI=1S/C15H17F3N2O/c1-3-20(10-15(16,17)18)14(21)13-7-6-12(5-4-8-19)11(2)9-13/h6-7,9H,3,8,10,19H2,1-2H3. The average Bonchev–Trinajstić information content (AvgIpc) is 2.41. The fourth-order valence-electron chi connectivity index (χ4n) is 1.81. The Kier molecular flexibility index (Phi) is 5.79. The van der Waals surface area contributed by atoms with Crippen LogP contribution in [0.4, 0.5) is 13.2 Å². The third kappa shape index (κ3) is 5.12. The number of rotatable bonds is 3. The van der Waals surface area contributed by atoms with Gasteiger partial charge in [0.05, 0.1) is 6.54 Å². The van der Waals surface area contributed by atoms with Crippen LogP contribution < -0.4 is 5.73 Å². The van der Waals surface area contributed by atoms with Crippen molar-refractivity contribution < 1.29 is 18.0 Å². The van der Waals surface area contributed by atoms with Crippen molar-refractivity contribution in [3.63, 3.8) is 0 Å². The second kappa shape index (κ2) is 7.14. The van der Waals surface area contributed by atoms with Gasteiger partial charge in [-0.1, -0.05) is 11.8 Å². The van der Waals surface area contributed by atoms with Gasteiger partial charge < -0.3 is 10.6 Å². The molecule has 0 aromatic heterocycles. The molecular weight excluding hydrogens is 281 g/mol. The van der Waals surface area contributed by atoms with Gasteiger partial charge >= 0.3 is 6.18 Å². The molecule has 0 aliphatic carbocycles. The predicted molar refractivity (Wildman–Crippen MR) is 74.7 cm³/mol. The summed E-state index contributed by atoms with van der Waals surface area (Å²) in [4.78, 5) is 12.9. The minimum atomic E-state index is -4.41. The van der Waals surface area contributed by atoms with E-state index in [1.165, 1.54) is 13.0 Å². The van der Waals surface area contributed by atoms with Gasteiger partial charge in [0.15, 0.2) is 0 Å². The van der Waals surface area contributed by atoms with Gasteiger partial charge in [-0.05, 0) is 37.6 Å². The van der Waals surface area contributed by atoms with Gasteiger partial charge in [-0.3, -0.25) is 4.79 Å². The van der Waals surface area contributed by atoms with E-state index in [1.54, 1.807) is 19.1 Å². The fraction of sp³-hybridized carbons (Fsp3) is 0.400. The second-order valence-electron chi connectivity index (χ2n) is 4.47. The van der Waals surface area contributed by atoms with Crippen molar-refractivity contribution in [2.45, 2.75) is 20.0 Å². The summed E-state index contributed by atoms with van der Waals surface area (Å²) in [7, 11) is 0. The second-order valence-corrected chi connectivity index (χ2v) is 4.47. The Morgan fingerprint density at radius 1 is 1.38 bits per heavy atom. The summed E-state index contributed by atoms with van der Waals surface area (Å²) in [6.07, 6.45) is -4.41. The van der Waals surface area contributed by atoms with E-state index in [1.807, 2.05) is 0 Å². The Bertz CT molecular complexity index is 571. The summed E-state index contributed by atoms with van der Waals surface area (Å²) in [5.41, 5.74) is 6.93. The smallest absolute Gasteiger partial charge is 0.330 e. The molecule has 0 unspecified atom stereocenters. The first-order chi connectivity index (χ1) is 9.78. The maximum Gasteiger partial charge on any atom is 0.406 e. The van der Waals surface area contributed by atoms with Crippen LogP contribution in [0.25, 0.3) is 0 Å². The van der Waals surface area contributed by atoms with Gasteiger partial charge in [-0.25, -0.2) is 0 Å². The quantitative estimate of drug-likeness (QED) is 0.871. The third-order valence-corrected chi connectivity index (χ3v) is 2.84. The number of nitrogens with two attached hydrogens (primary N) is 1. The molecule has 21 heavy (non-hydrogen) atoms. The van der Waals surface area contributed by atoms with E-state index in [0.717, 1.165) is 10.5 Å². The summed E-state index contributed by atoms with van der Waals surface area (Å²) in [5, 5.41) is 0. The number of halogens is 3. The molecule has 1 amide bonds. The molecule has 0 heterocycles. The molecule has 1 aromatic rings. The van der Waals surface area contributed by atoms with Gasteiger partial charge in [0.25, 0.3) is 5.91 Å². The Labute approximate surface area is 121 Å². The number of nitrogens with zero attached hydrogens (tertiary/aromatic N) is 1. The van der Waals surface area contributed by atoms with Gasteiger partial charge in [0.2, 0.25) is 0 Å². The fourth-order valence-corrected chi connectivity index (χ4v) is 1.81. The number of alkyl halides is 3. The van der Waals surface area contributed by atoms with E-state index < -0.39 is 18.6 Å². The summed E-state index contributed by atoms with van der Waals surface area (Å²) >= 11 is 0. The predicted octanol–water partition coefficient (Wildman–Crippen LogP) is 2.33. The number of aryl methyl sites for hydroxylation is 1. The maximum atomic E-state index is 12.4. The van der Waals surface area contributed by atoms with Gasteiger partial charge in [0.1, 0.15) is 6.54 Å². The van der Waals surface area contributed by atoms with Crippen molar-refractivity contribution in [3.8, 4) is 11.8 Å². The first kappa shape index (κ1) is 17.1. The van der Waals surface area contributed by atoms with Crippen LogP contribution in [-0.4, -0.2) is 36.6 Å². The maximum absolute atomic E-state index is 12.4. The molecule has 1 rings (SSSR count). The van der Waals surface area contributed by atoms with Crippen LogP contribution in [0.15, 0.2) is 18.2 Å². The molecule has 0 radical (unpaired) electrons. The monoisotopic (exact) mass is 298 g/mol. The lowest BCUT2D eigenvalue weighted by Gasteiger charge is -2.22. The van der Waals surface area contributed by atoms with E-state index in [-0.39, 0.29) is 18.7 Å². The van der Waals surface area contributed by atoms with Gasteiger partial charge in [-0.15, -0.1) is 0 Å². The average molecular weight is 298 g/mol. The number of hydrogen-bond acceptors (Lipinski definition) is 2. The van der Waals surface area contributed by atoms with E-state index >= 15 is 0 Å². The molecule has 3 nitrogen and oxygen atoms in total. The number of carbonyl (C=O) groups excluding carboxylic acids is 1. The largest absolute Gasteiger partial charge is 0.406 e. The van der Waals surface area contributed by atoms with Crippen molar-refractivity contribution in [2.75, 3.05) is 19.6 Å². The third-order valence-electron chi connectivity index (χ3n) is 2.84. The van der Waals surface area contributed by atoms with Crippen LogP contribution in [0.3, 0.4) is 0 Å². The van der Waals surface area contributed by atoms with Crippen LogP contribution in [-0.2, 0) is 0 Å². The highest BCUT2D eigenvalue weighted by Gasteiger charge is 2.32. The summed E-state index contributed by atoms with van der Waals surface area (Å²) < 4.78 is 37.3. The Hall–Kier alpha value is -2.00. The van der Waals surface area contributed by atoms with Gasteiger partial charge in [0, 0.05) is 17.7 Å². The van der Waals surface area contributed by atoms with E-state index in [0.29, 0.717) is 5.56 Å². The molecular formula is C15H17F3N2O. The topological polar surface area (TPSA) is 46.3 Å². The van der Waals surface area contributed by atoms with Crippen molar-refractivity contribution in [2.24, 2.45) is 5.73 Å². The zero-order valence-corrected chi connectivity index (χ0v) is 11.9. The van der Waals surface area contributed by atoms with Crippen LogP contribution in [0.1, 0.15) is 28.4 Å². The molecule has 114 valence electrons. The van der Waals surface area contributed by atoms with E-state index in [9.17, 15) is 18.0 Å². The highest BCUT2D eigenvalue weighted by atomic mass is 19.4. The SMILES string of the molecule is CCN(CC(F)(F)F)C(=O)c1ccc(C#CCN)c(C)c1. The molecule has 0 bridgehead atoms. The van der Waals surface area contributed by atoms with Crippen molar-refractivity contribution in [3.05, 3.63) is 34.9 Å². The van der Waals surface area contributed by atoms with Crippen molar-refractivity contribution in [1.82, 2.24) is 4.90 Å². The molecule has 1 aromatic carbocycles. The van der Waals surface area contributed by atoms with Crippen LogP contribution in [0.2, 0.25) is 0 Å². The highest BCUT2D eigenvalue weighted by Crippen LogP contribution is 2.19. The Balaban J connectivity index is 2.99. The Morgan fingerprint density at radius 3 is 2.52 bits per heavy atom. The van der Waals surface area contributed by atoms with Crippen LogP contribution in [0.5, 0.6) is 0 Å². The molecule has 0 spiro atoms. The molecule has 0 saturated heterocycles. The molecule has 0 fully saturated rings. The molecule has 0 saturated carbocycles. The van der Waals surface area contributed by atoms with Crippen molar-refractivity contribution >= 4 is 5.91 Å². The lowest BCUT2D eigenvalue weighted by atomic mass is 10.0. The van der Waals surface area contributed by atoms with Gasteiger partial charge in [-0.2, -0.15) is 13.2 Å². The summed E-state index contributed by atoms with van der Waals surface area (Å²) in [6, 6.07) is 4.64. The number of benzene rings is 1. The van der Waals surface area contributed by atoms with E-state index in [2.05, 4.69) is 11.8 Å². The Morgan fingerprint density at radius 2 is 2.05 bits per heavy atom. The number of hydrogen-bond donors (Lipinski definition) is 1.